The molecule has 1 atom stereocenters. The summed E-state index contributed by atoms with van der Waals surface area (Å²) in [7, 11) is 1.70. The van der Waals surface area contributed by atoms with Gasteiger partial charge in [0.25, 0.3) is 5.56 Å². The number of hydrogen-bond acceptors (Lipinski definition) is 4. The van der Waals surface area contributed by atoms with E-state index in [0.717, 1.165) is 19.3 Å². The maximum absolute atomic E-state index is 11.7. The summed E-state index contributed by atoms with van der Waals surface area (Å²) in [6, 6.07) is 0. The Morgan fingerprint density at radius 3 is 2.94 bits per heavy atom. The molecule has 17 heavy (non-hydrogen) atoms. The van der Waals surface area contributed by atoms with Gasteiger partial charge in [-0.05, 0) is 18.8 Å². The standard InChI is InChI=1S/C12H21N3O2/c1-3-4-10(5-8-16)9-14-11-12(17)15(2)7-6-13-11/h6-7,10,16H,3-5,8-9H2,1-2H3,(H,13,14). The van der Waals surface area contributed by atoms with Crippen LogP contribution in [-0.4, -0.2) is 27.8 Å². The molecule has 0 radical (unpaired) electrons. The van der Waals surface area contributed by atoms with E-state index in [9.17, 15) is 4.79 Å². The van der Waals surface area contributed by atoms with Crippen LogP contribution in [0.1, 0.15) is 26.2 Å². The van der Waals surface area contributed by atoms with Gasteiger partial charge in [0.1, 0.15) is 0 Å². The fourth-order valence-corrected chi connectivity index (χ4v) is 1.80. The van der Waals surface area contributed by atoms with Crippen LogP contribution in [-0.2, 0) is 7.05 Å². The number of aryl methyl sites for hydroxylation is 1. The van der Waals surface area contributed by atoms with Gasteiger partial charge in [0, 0.05) is 32.6 Å². The molecule has 1 aromatic heterocycles. The Balaban J connectivity index is 2.59. The van der Waals surface area contributed by atoms with Crippen LogP contribution in [0.5, 0.6) is 0 Å². The molecule has 1 heterocycles. The highest BCUT2D eigenvalue weighted by Gasteiger charge is 2.09. The van der Waals surface area contributed by atoms with Gasteiger partial charge >= 0.3 is 0 Å². The summed E-state index contributed by atoms with van der Waals surface area (Å²) < 4.78 is 1.50. The van der Waals surface area contributed by atoms with E-state index in [1.54, 1.807) is 19.4 Å². The van der Waals surface area contributed by atoms with Crippen LogP contribution in [0.2, 0.25) is 0 Å². The molecule has 1 unspecified atom stereocenters. The molecule has 5 nitrogen and oxygen atoms in total. The van der Waals surface area contributed by atoms with Crippen molar-refractivity contribution in [1.82, 2.24) is 9.55 Å². The van der Waals surface area contributed by atoms with Gasteiger partial charge in [-0.25, -0.2) is 4.98 Å². The van der Waals surface area contributed by atoms with E-state index < -0.39 is 0 Å². The number of aliphatic hydroxyl groups excluding tert-OH is 1. The lowest BCUT2D eigenvalue weighted by molar-refractivity contribution is 0.255. The topological polar surface area (TPSA) is 67.2 Å². The monoisotopic (exact) mass is 239 g/mol. The summed E-state index contributed by atoms with van der Waals surface area (Å²) in [5.41, 5.74) is -0.119. The maximum atomic E-state index is 11.7. The second kappa shape index (κ2) is 7.06. The molecule has 2 N–H and O–H groups in total. The van der Waals surface area contributed by atoms with Crippen molar-refractivity contribution < 1.29 is 5.11 Å². The normalized spacial score (nSPS) is 12.4. The number of hydrogen-bond donors (Lipinski definition) is 2. The largest absolute Gasteiger partial charge is 0.396 e. The molecule has 5 heteroatoms. The summed E-state index contributed by atoms with van der Waals surface area (Å²) in [6.45, 7) is 2.98. The average molecular weight is 239 g/mol. The van der Waals surface area contributed by atoms with Gasteiger partial charge in [-0.15, -0.1) is 0 Å². The zero-order valence-corrected chi connectivity index (χ0v) is 10.5. The molecular formula is C12H21N3O2. The van der Waals surface area contributed by atoms with Crippen molar-refractivity contribution >= 4 is 5.82 Å². The second-order valence-electron chi connectivity index (χ2n) is 4.24. The first-order valence-electron chi connectivity index (χ1n) is 6.05. The fourth-order valence-electron chi connectivity index (χ4n) is 1.80. The van der Waals surface area contributed by atoms with Crippen LogP contribution in [0.15, 0.2) is 17.2 Å². The summed E-state index contributed by atoms with van der Waals surface area (Å²) >= 11 is 0. The van der Waals surface area contributed by atoms with Crippen molar-refractivity contribution in [2.24, 2.45) is 13.0 Å². The van der Waals surface area contributed by atoms with E-state index in [-0.39, 0.29) is 12.2 Å². The Labute approximate surface area is 102 Å². The van der Waals surface area contributed by atoms with Crippen molar-refractivity contribution in [3.63, 3.8) is 0 Å². The highest BCUT2D eigenvalue weighted by Crippen LogP contribution is 2.10. The van der Waals surface area contributed by atoms with Gasteiger partial charge < -0.3 is 15.0 Å². The Morgan fingerprint density at radius 1 is 1.53 bits per heavy atom. The molecule has 1 aromatic rings. The molecule has 0 aromatic carbocycles. The molecule has 0 aliphatic rings. The quantitative estimate of drug-likeness (QED) is 0.744. The van der Waals surface area contributed by atoms with Gasteiger partial charge in [-0.1, -0.05) is 13.3 Å². The Kier molecular flexibility index (Phi) is 5.69. The summed E-state index contributed by atoms with van der Waals surface area (Å²) in [4.78, 5) is 15.7. The molecule has 0 spiro atoms. The molecule has 0 bridgehead atoms. The predicted molar refractivity (Wildman–Crippen MR) is 68.1 cm³/mol. The molecule has 1 rings (SSSR count). The third kappa shape index (κ3) is 4.19. The molecule has 0 aliphatic heterocycles. The summed E-state index contributed by atoms with van der Waals surface area (Å²) in [5.74, 6) is 0.769. The third-order valence-corrected chi connectivity index (χ3v) is 2.81. The minimum Gasteiger partial charge on any atom is -0.396 e. The summed E-state index contributed by atoms with van der Waals surface area (Å²) in [5, 5.41) is 12.0. The zero-order valence-electron chi connectivity index (χ0n) is 10.5. The molecular weight excluding hydrogens is 218 g/mol. The second-order valence-corrected chi connectivity index (χ2v) is 4.24. The van der Waals surface area contributed by atoms with Crippen LogP contribution in [0.4, 0.5) is 5.82 Å². The van der Waals surface area contributed by atoms with E-state index in [1.807, 2.05) is 0 Å². The van der Waals surface area contributed by atoms with Gasteiger partial charge in [0.15, 0.2) is 5.82 Å². The molecule has 0 fully saturated rings. The van der Waals surface area contributed by atoms with E-state index in [0.29, 0.717) is 18.3 Å². The average Bonchev–Trinajstić information content (AvgIpc) is 2.31. The van der Waals surface area contributed by atoms with Crippen molar-refractivity contribution in [2.45, 2.75) is 26.2 Å². The maximum Gasteiger partial charge on any atom is 0.293 e. The third-order valence-electron chi connectivity index (χ3n) is 2.81. The van der Waals surface area contributed by atoms with Crippen LogP contribution in [0.25, 0.3) is 0 Å². The van der Waals surface area contributed by atoms with E-state index in [2.05, 4.69) is 17.2 Å². The van der Waals surface area contributed by atoms with E-state index in [4.69, 9.17) is 5.11 Å². The number of aromatic nitrogens is 2. The van der Waals surface area contributed by atoms with Crippen molar-refractivity contribution in [3.8, 4) is 0 Å². The summed E-state index contributed by atoms with van der Waals surface area (Å²) in [6.07, 6.45) is 6.11. The van der Waals surface area contributed by atoms with Crippen molar-refractivity contribution in [1.29, 1.82) is 0 Å². The van der Waals surface area contributed by atoms with Crippen LogP contribution >= 0.6 is 0 Å². The Bertz CT molecular complexity index is 384. The Morgan fingerprint density at radius 2 is 2.29 bits per heavy atom. The predicted octanol–water partition coefficient (Wildman–Crippen LogP) is 0.991. The Hall–Kier alpha value is -1.36. The zero-order chi connectivity index (χ0) is 12.7. The van der Waals surface area contributed by atoms with Crippen LogP contribution in [0, 0.1) is 5.92 Å². The van der Waals surface area contributed by atoms with Crippen LogP contribution < -0.4 is 10.9 Å². The van der Waals surface area contributed by atoms with Gasteiger partial charge in [0.2, 0.25) is 0 Å². The van der Waals surface area contributed by atoms with Crippen LogP contribution in [0.3, 0.4) is 0 Å². The first-order chi connectivity index (χ1) is 8.19. The lowest BCUT2D eigenvalue weighted by atomic mass is 10.0. The number of anilines is 1. The molecule has 0 amide bonds. The minimum atomic E-state index is -0.119. The minimum absolute atomic E-state index is 0.119. The van der Waals surface area contributed by atoms with Gasteiger partial charge in [0.05, 0.1) is 0 Å². The van der Waals surface area contributed by atoms with Gasteiger partial charge in [-0.3, -0.25) is 4.79 Å². The fraction of sp³-hybridized carbons (Fsp3) is 0.667. The molecule has 0 saturated heterocycles. The van der Waals surface area contributed by atoms with Gasteiger partial charge in [-0.2, -0.15) is 0 Å². The van der Waals surface area contributed by atoms with Crippen molar-refractivity contribution in [3.05, 3.63) is 22.7 Å². The first-order valence-corrected chi connectivity index (χ1v) is 6.05. The number of rotatable bonds is 7. The lowest BCUT2D eigenvalue weighted by Crippen LogP contribution is -2.25. The van der Waals surface area contributed by atoms with E-state index in [1.165, 1.54) is 4.57 Å². The molecule has 96 valence electrons. The first kappa shape index (κ1) is 13.7. The number of nitrogens with one attached hydrogen (secondary N) is 1. The van der Waals surface area contributed by atoms with Crippen molar-refractivity contribution in [2.75, 3.05) is 18.5 Å². The molecule has 0 aliphatic carbocycles. The SMILES string of the molecule is CCCC(CCO)CNc1nccn(C)c1=O. The smallest absolute Gasteiger partial charge is 0.293 e. The lowest BCUT2D eigenvalue weighted by Gasteiger charge is -2.15. The number of aliphatic hydroxyl groups is 1. The molecule has 0 saturated carbocycles. The highest BCUT2D eigenvalue weighted by molar-refractivity contribution is 5.30. The highest BCUT2D eigenvalue weighted by atomic mass is 16.3. The van der Waals surface area contributed by atoms with E-state index >= 15 is 0 Å². The number of nitrogens with zero attached hydrogens (tertiary/aromatic N) is 2.